The first-order chi connectivity index (χ1) is 15.8. The van der Waals surface area contributed by atoms with Gasteiger partial charge < -0.3 is 24.6 Å². The van der Waals surface area contributed by atoms with E-state index in [0.717, 1.165) is 11.1 Å². The van der Waals surface area contributed by atoms with Crippen molar-refractivity contribution in [2.75, 3.05) is 24.9 Å². The van der Waals surface area contributed by atoms with E-state index in [0.29, 0.717) is 40.0 Å². The van der Waals surface area contributed by atoms with Crippen molar-refractivity contribution >= 4 is 34.1 Å². The Balaban J connectivity index is 1.51. The molecular weight excluding hydrogens is 422 g/mol. The van der Waals surface area contributed by atoms with E-state index in [4.69, 9.17) is 14.0 Å². The molecule has 9 heteroatoms. The molecule has 4 aromatic rings. The molecule has 9 nitrogen and oxygen atoms in total. The molecule has 0 unspecified atom stereocenters. The van der Waals surface area contributed by atoms with Gasteiger partial charge in [0.2, 0.25) is 0 Å². The second kappa shape index (κ2) is 8.78. The molecule has 4 rings (SSSR count). The van der Waals surface area contributed by atoms with Crippen LogP contribution in [0.25, 0.3) is 10.9 Å². The number of hydrogen-bond acceptors (Lipinski definition) is 8. The van der Waals surface area contributed by atoms with Crippen molar-refractivity contribution in [3.05, 3.63) is 60.1 Å². The smallest absolute Gasteiger partial charge is 0.256 e. The molecule has 0 atom stereocenters. The van der Waals surface area contributed by atoms with E-state index in [2.05, 4.69) is 25.8 Å². The van der Waals surface area contributed by atoms with Crippen molar-refractivity contribution in [2.45, 2.75) is 26.2 Å². The van der Waals surface area contributed by atoms with Crippen LogP contribution < -0.4 is 20.1 Å². The van der Waals surface area contributed by atoms with Crippen LogP contribution in [0.15, 0.2) is 53.3 Å². The van der Waals surface area contributed by atoms with E-state index < -0.39 is 0 Å². The van der Waals surface area contributed by atoms with Gasteiger partial charge in [-0.1, -0.05) is 25.9 Å². The molecule has 0 aliphatic carbocycles. The SMILES string of the molecule is COc1cc2ncnc(Nc3ccc(C(=O)Nc4cc(C(C)(C)C)on4)cc3)c2cc1OC. The van der Waals surface area contributed by atoms with Crippen LogP contribution >= 0.6 is 0 Å². The number of carbonyl (C=O) groups excluding carboxylic acids is 1. The van der Waals surface area contributed by atoms with Gasteiger partial charge in [0.05, 0.1) is 19.7 Å². The lowest BCUT2D eigenvalue weighted by molar-refractivity contribution is 0.102. The third kappa shape index (κ3) is 4.72. The molecule has 0 radical (unpaired) electrons. The summed E-state index contributed by atoms with van der Waals surface area (Å²) in [4.78, 5) is 21.2. The van der Waals surface area contributed by atoms with Crippen molar-refractivity contribution in [1.29, 1.82) is 0 Å². The highest BCUT2D eigenvalue weighted by atomic mass is 16.5. The molecule has 170 valence electrons. The Morgan fingerprint density at radius 3 is 2.30 bits per heavy atom. The zero-order valence-electron chi connectivity index (χ0n) is 19.1. The van der Waals surface area contributed by atoms with Crippen molar-refractivity contribution in [1.82, 2.24) is 15.1 Å². The lowest BCUT2D eigenvalue weighted by atomic mass is 9.93. The van der Waals surface area contributed by atoms with Crippen LogP contribution in [0.5, 0.6) is 11.5 Å². The average molecular weight is 447 g/mol. The molecule has 0 aliphatic rings. The monoisotopic (exact) mass is 447 g/mol. The van der Waals surface area contributed by atoms with Crippen LogP contribution in [0.3, 0.4) is 0 Å². The molecule has 2 aromatic heterocycles. The largest absolute Gasteiger partial charge is 0.493 e. The topological polar surface area (TPSA) is 111 Å². The first-order valence-corrected chi connectivity index (χ1v) is 10.3. The van der Waals surface area contributed by atoms with Gasteiger partial charge in [0.15, 0.2) is 17.3 Å². The Morgan fingerprint density at radius 2 is 1.67 bits per heavy atom. The van der Waals surface area contributed by atoms with E-state index in [1.54, 1.807) is 50.6 Å². The third-order valence-electron chi connectivity index (χ3n) is 5.04. The molecular formula is C24H25N5O4. The summed E-state index contributed by atoms with van der Waals surface area (Å²) in [5.41, 5.74) is 1.77. The number of carbonyl (C=O) groups is 1. The molecule has 0 saturated heterocycles. The summed E-state index contributed by atoms with van der Waals surface area (Å²) in [6.45, 7) is 6.04. The summed E-state index contributed by atoms with van der Waals surface area (Å²) in [6, 6.07) is 12.4. The number of aromatic nitrogens is 3. The van der Waals surface area contributed by atoms with E-state index >= 15 is 0 Å². The molecule has 33 heavy (non-hydrogen) atoms. The van der Waals surface area contributed by atoms with Gasteiger partial charge in [0.25, 0.3) is 5.91 Å². The first kappa shape index (κ1) is 22.1. The Morgan fingerprint density at radius 1 is 0.970 bits per heavy atom. The molecule has 2 aromatic carbocycles. The van der Waals surface area contributed by atoms with Gasteiger partial charge in [0, 0.05) is 34.2 Å². The molecule has 0 spiro atoms. The average Bonchev–Trinajstić information content (AvgIpc) is 3.28. The third-order valence-corrected chi connectivity index (χ3v) is 5.04. The number of nitrogens with zero attached hydrogens (tertiary/aromatic N) is 3. The standard InChI is InChI=1S/C24H25N5O4/c1-24(2,3)20-12-21(29-33-20)28-23(30)14-6-8-15(9-7-14)27-22-16-10-18(31-4)19(32-5)11-17(16)25-13-26-22/h6-13H,1-5H3,(H,25,26,27)(H,28,29,30). The van der Waals surface area contributed by atoms with Crippen LogP contribution in [0.4, 0.5) is 17.3 Å². The fourth-order valence-electron chi connectivity index (χ4n) is 3.20. The Bertz CT molecular complexity index is 1290. The second-order valence-electron chi connectivity index (χ2n) is 8.43. The molecule has 0 saturated carbocycles. The van der Waals surface area contributed by atoms with Crippen molar-refractivity contribution in [3.8, 4) is 11.5 Å². The lowest BCUT2D eigenvalue weighted by Gasteiger charge is -2.12. The van der Waals surface area contributed by atoms with E-state index in [9.17, 15) is 4.79 Å². The van der Waals surface area contributed by atoms with Gasteiger partial charge >= 0.3 is 0 Å². The highest BCUT2D eigenvalue weighted by molar-refractivity contribution is 6.04. The van der Waals surface area contributed by atoms with Gasteiger partial charge in [-0.25, -0.2) is 9.97 Å². The maximum absolute atomic E-state index is 12.6. The maximum Gasteiger partial charge on any atom is 0.256 e. The minimum Gasteiger partial charge on any atom is -0.493 e. The number of hydrogen-bond donors (Lipinski definition) is 2. The summed E-state index contributed by atoms with van der Waals surface area (Å²) in [5.74, 6) is 2.58. The molecule has 2 heterocycles. The highest BCUT2D eigenvalue weighted by Crippen LogP contribution is 2.34. The number of nitrogens with one attached hydrogen (secondary N) is 2. The fraction of sp³-hybridized carbons (Fsp3) is 0.250. The van der Waals surface area contributed by atoms with Gasteiger partial charge in [-0.05, 0) is 30.3 Å². The van der Waals surface area contributed by atoms with Crippen LogP contribution in [0, 0.1) is 0 Å². The molecule has 2 N–H and O–H groups in total. The minimum absolute atomic E-state index is 0.191. The van der Waals surface area contributed by atoms with Crippen LogP contribution in [0.2, 0.25) is 0 Å². The van der Waals surface area contributed by atoms with Crippen LogP contribution in [0.1, 0.15) is 36.9 Å². The molecule has 0 fully saturated rings. The quantitative estimate of drug-likeness (QED) is 0.428. The number of fused-ring (bicyclic) bond motifs is 1. The van der Waals surface area contributed by atoms with Crippen LogP contribution in [-0.2, 0) is 5.41 Å². The number of ether oxygens (including phenoxy) is 2. The fourth-order valence-corrected chi connectivity index (χ4v) is 3.20. The summed E-state index contributed by atoms with van der Waals surface area (Å²) in [5, 5.41) is 10.7. The van der Waals surface area contributed by atoms with Gasteiger partial charge in [-0.15, -0.1) is 0 Å². The van der Waals surface area contributed by atoms with Crippen molar-refractivity contribution in [3.63, 3.8) is 0 Å². The minimum atomic E-state index is -0.278. The van der Waals surface area contributed by atoms with E-state index in [-0.39, 0.29) is 11.3 Å². The number of rotatable bonds is 6. The molecule has 0 bridgehead atoms. The Kier molecular flexibility index (Phi) is 5.87. The summed E-state index contributed by atoms with van der Waals surface area (Å²) in [6.07, 6.45) is 1.47. The van der Waals surface area contributed by atoms with Gasteiger partial charge in [-0.2, -0.15) is 0 Å². The zero-order chi connectivity index (χ0) is 23.6. The number of anilines is 3. The maximum atomic E-state index is 12.6. The predicted octanol–water partition coefficient (Wildman–Crippen LogP) is 4.93. The van der Waals surface area contributed by atoms with E-state index in [1.807, 2.05) is 26.8 Å². The number of methoxy groups -OCH3 is 2. The molecule has 1 amide bonds. The van der Waals surface area contributed by atoms with Crippen molar-refractivity contribution < 1.29 is 18.8 Å². The second-order valence-corrected chi connectivity index (χ2v) is 8.43. The molecule has 0 aliphatic heterocycles. The van der Waals surface area contributed by atoms with Gasteiger partial charge in [-0.3, -0.25) is 4.79 Å². The van der Waals surface area contributed by atoms with Crippen LogP contribution in [-0.4, -0.2) is 35.3 Å². The van der Waals surface area contributed by atoms with Gasteiger partial charge in [0.1, 0.15) is 17.9 Å². The normalized spacial score (nSPS) is 11.3. The Hall–Kier alpha value is -4.14. The number of benzene rings is 2. The predicted molar refractivity (Wildman–Crippen MR) is 126 cm³/mol. The summed E-state index contributed by atoms with van der Waals surface area (Å²) >= 11 is 0. The van der Waals surface area contributed by atoms with Crippen molar-refractivity contribution in [2.24, 2.45) is 0 Å². The first-order valence-electron chi connectivity index (χ1n) is 10.3. The zero-order valence-corrected chi connectivity index (χ0v) is 19.1. The summed E-state index contributed by atoms with van der Waals surface area (Å²) < 4.78 is 16.1. The Labute approximate surface area is 191 Å². The van der Waals surface area contributed by atoms with E-state index in [1.165, 1.54) is 6.33 Å². The lowest BCUT2D eigenvalue weighted by Crippen LogP contribution is -2.12. The summed E-state index contributed by atoms with van der Waals surface area (Å²) in [7, 11) is 3.15. The highest BCUT2D eigenvalue weighted by Gasteiger charge is 2.20. The number of amides is 1.